The number of carbonyl (C=O) groups is 2. The number of halogens is 1. The van der Waals surface area contributed by atoms with Gasteiger partial charge in [0, 0.05) is 24.8 Å². The number of hydrogen-bond acceptors (Lipinski definition) is 3. The normalized spacial score (nSPS) is 24.9. The zero-order valence-corrected chi connectivity index (χ0v) is 12.8. The molecule has 4 nitrogen and oxygen atoms in total. The van der Waals surface area contributed by atoms with Crippen molar-refractivity contribution in [3.05, 3.63) is 35.4 Å². The molecule has 2 atom stereocenters. The van der Waals surface area contributed by atoms with Crippen molar-refractivity contribution in [3.8, 4) is 0 Å². The summed E-state index contributed by atoms with van der Waals surface area (Å²) in [5, 5.41) is 0.683. The van der Waals surface area contributed by atoms with Gasteiger partial charge in [0.2, 0.25) is 11.8 Å². The lowest BCUT2D eigenvalue weighted by Crippen LogP contribution is -2.30. The third-order valence-corrected chi connectivity index (χ3v) is 4.50. The zero-order chi connectivity index (χ0) is 15.1. The van der Waals surface area contributed by atoms with Crippen LogP contribution in [0, 0.1) is 11.8 Å². The molecule has 1 aromatic carbocycles. The van der Waals surface area contributed by atoms with Gasteiger partial charge in [0.25, 0.3) is 0 Å². The van der Waals surface area contributed by atoms with E-state index in [1.165, 1.54) is 4.90 Å². The number of hydrogen-bond donors (Lipinski definition) is 0. The third-order valence-electron chi connectivity index (χ3n) is 4.19. The molecule has 1 saturated heterocycles. The molecule has 0 spiro atoms. The van der Waals surface area contributed by atoms with Gasteiger partial charge in [0.05, 0.1) is 17.5 Å². The van der Waals surface area contributed by atoms with E-state index in [1.54, 1.807) is 0 Å². The maximum atomic E-state index is 12.5. The van der Waals surface area contributed by atoms with Gasteiger partial charge in [-0.15, -0.1) is 0 Å². The Morgan fingerprint density at radius 3 is 2.33 bits per heavy atom. The second-order valence-electron chi connectivity index (χ2n) is 5.73. The van der Waals surface area contributed by atoms with Crippen molar-refractivity contribution < 1.29 is 9.59 Å². The number of benzene rings is 1. The topological polar surface area (TPSA) is 40.6 Å². The first-order chi connectivity index (χ1) is 9.99. The van der Waals surface area contributed by atoms with Crippen LogP contribution < -0.4 is 9.80 Å². The summed E-state index contributed by atoms with van der Waals surface area (Å²) in [5.41, 5.74) is 1.67. The van der Waals surface area contributed by atoms with Crippen molar-refractivity contribution >= 4 is 34.8 Å². The molecule has 0 radical (unpaired) electrons. The van der Waals surface area contributed by atoms with Crippen LogP contribution in [0.1, 0.15) is 12.8 Å². The molecule has 1 aromatic rings. The zero-order valence-electron chi connectivity index (χ0n) is 12.0. The molecule has 0 unspecified atom stereocenters. The van der Waals surface area contributed by atoms with Gasteiger partial charge in [-0.25, -0.2) is 0 Å². The summed E-state index contributed by atoms with van der Waals surface area (Å²) in [6, 6.07) is 7.45. The van der Waals surface area contributed by atoms with E-state index in [0.29, 0.717) is 23.6 Å². The molecular formula is C16H17ClN2O2. The first-order valence-electron chi connectivity index (χ1n) is 6.99. The molecule has 1 aliphatic heterocycles. The van der Waals surface area contributed by atoms with Gasteiger partial charge in [-0.3, -0.25) is 14.5 Å². The first kappa shape index (κ1) is 14.1. The number of imide groups is 1. The van der Waals surface area contributed by atoms with E-state index >= 15 is 0 Å². The molecule has 1 heterocycles. The summed E-state index contributed by atoms with van der Waals surface area (Å²) in [6.45, 7) is 0. The highest BCUT2D eigenvalue weighted by Gasteiger charge is 2.48. The lowest BCUT2D eigenvalue weighted by molar-refractivity contribution is -0.122. The van der Waals surface area contributed by atoms with Crippen molar-refractivity contribution in [2.24, 2.45) is 11.8 Å². The molecule has 0 N–H and O–H groups in total. The highest BCUT2D eigenvalue weighted by Crippen LogP contribution is 2.40. The lowest BCUT2D eigenvalue weighted by atomic mass is 9.85. The number of anilines is 2. The van der Waals surface area contributed by atoms with E-state index in [1.807, 2.05) is 49.3 Å². The van der Waals surface area contributed by atoms with Crippen molar-refractivity contribution in [1.29, 1.82) is 0 Å². The van der Waals surface area contributed by atoms with E-state index in [4.69, 9.17) is 11.6 Å². The Morgan fingerprint density at radius 2 is 1.71 bits per heavy atom. The summed E-state index contributed by atoms with van der Waals surface area (Å²) in [7, 11) is 3.90. The smallest absolute Gasteiger partial charge is 0.238 e. The average molecular weight is 305 g/mol. The number of rotatable bonds is 2. The Bertz CT molecular complexity index is 622. The molecule has 0 bridgehead atoms. The van der Waals surface area contributed by atoms with Gasteiger partial charge in [-0.2, -0.15) is 0 Å². The SMILES string of the molecule is CN(C)c1ccc(N2C(=O)[C@@H]3CC=C(Cl)C[C@H]3C2=O)cc1. The monoisotopic (exact) mass is 304 g/mol. The van der Waals surface area contributed by atoms with E-state index in [9.17, 15) is 9.59 Å². The van der Waals surface area contributed by atoms with Gasteiger partial charge in [0.1, 0.15) is 0 Å². The number of nitrogens with zero attached hydrogens (tertiary/aromatic N) is 2. The van der Waals surface area contributed by atoms with Crippen LogP contribution >= 0.6 is 11.6 Å². The van der Waals surface area contributed by atoms with Gasteiger partial charge < -0.3 is 4.90 Å². The predicted molar refractivity (Wildman–Crippen MR) is 83.4 cm³/mol. The summed E-state index contributed by atoms with van der Waals surface area (Å²) in [5.74, 6) is -0.797. The summed E-state index contributed by atoms with van der Waals surface area (Å²) < 4.78 is 0. The van der Waals surface area contributed by atoms with Crippen LogP contribution in [-0.4, -0.2) is 25.9 Å². The fourth-order valence-electron chi connectivity index (χ4n) is 2.98. The fourth-order valence-corrected chi connectivity index (χ4v) is 3.24. The van der Waals surface area contributed by atoms with E-state index < -0.39 is 0 Å². The number of allylic oxidation sites excluding steroid dienone is 2. The minimum Gasteiger partial charge on any atom is -0.378 e. The third kappa shape index (κ3) is 2.33. The fraction of sp³-hybridized carbons (Fsp3) is 0.375. The van der Waals surface area contributed by atoms with E-state index in [0.717, 1.165) is 5.69 Å². The Hall–Kier alpha value is -1.81. The lowest BCUT2D eigenvalue weighted by Gasteiger charge is -2.17. The molecule has 0 aromatic heterocycles. The number of fused-ring (bicyclic) bond motifs is 1. The standard InChI is InChI=1S/C16H17ClN2O2/c1-18(2)11-4-6-12(7-5-11)19-15(20)13-8-3-10(17)9-14(13)16(19)21/h3-7,13-14H,8-9H2,1-2H3/t13-,14-/m1/s1. The van der Waals surface area contributed by atoms with Gasteiger partial charge >= 0.3 is 0 Å². The van der Waals surface area contributed by atoms with Gasteiger partial charge in [0.15, 0.2) is 0 Å². The molecule has 3 rings (SSSR count). The van der Waals surface area contributed by atoms with Crippen LogP contribution in [0.5, 0.6) is 0 Å². The average Bonchev–Trinajstić information content (AvgIpc) is 2.70. The number of carbonyl (C=O) groups excluding carboxylic acids is 2. The van der Waals surface area contributed by atoms with Crippen molar-refractivity contribution in [1.82, 2.24) is 0 Å². The van der Waals surface area contributed by atoms with Gasteiger partial charge in [-0.05, 0) is 37.1 Å². The molecule has 2 aliphatic rings. The maximum Gasteiger partial charge on any atom is 0.238 e. The predicted octanol–water partition coefficient (Wildman–Crippen LogP) is 2.77. The minimum atomic E-state index is -0.302. The molecule has 110 valence electrons. The summed E-state index contributed by atoms with van der Waals surface area (Å²) >= 11 is 6.02. The second-order valence-corrected chi connectivity index (χ2v) is 6.21. The van der Waals surface area contributed by atoms with E-state index in [-0.39, 0.29) is 23.7 Å². The highest BCUT2D eigenvalue weighted by atomic mass is 35.5. The van der Waals surface area contributed by atoms with Crippen LogP contribution in [0.2, 0.25) is 0 Å². The molecule has 1 aliphatic carbocycles. The Kier molecular flexibility index (Phi) is 3.49. The molecule has 1 fully saturated rings. The van der Waals surface area contributed by atoms with Crippen LogP contribution in [-0.2, 0) is 9.59 Å². The molecule has 5 heteroatoms. The maximum absolute atomic E-state index is 12.5. The van der Waals surface area contributed by atoms with Crippen LogP contribution in [0.25, 0.3) is 0 Å². The van der Waals surface area contributed by atoms with Crippen molar-refractivity contribution in [3.63, 3.8) is 0 Å². The largest absolute Gasteiger partial charge is 0.378 e. The Morgan fingerprint density at radius 1 is 1.10 bits per heavy atom. The first-order valence-corrected chi connectivity index (χ1v) is 7.36. The van der Waals surface area contributed by atoms with Crippen LogP contribution in [0.3, 0.4) is 0 Å². The Labute approximate surface area is 129 Å². The quantitative estimate of drug-likeness (QED) is 0.789. The highest BCUT2D eigenvalue weighted by molar-refractivity contribution is 6.30. The molecule has 2 amide bonds. The van der Waals surface area contributed by atoms with E-state index in [2.05, 4.69) is 0 Å². The van der Waals surface area contributed by atoms with Crippen LogP contribution in [0.4, 0.5) is 11.4 Å². The van der Waals surface area contributed by atoms with Gasteiger partial charge in [-0.1, -0.05) is 17.7 Å². The second kappa shape index (κ2) is 5.19. The van der Waals surface area contributed by atoms with Crippen molar-refractivity contribution in [2.75, 3.05) is 23.9 Å². The molecular weight excluding hydrogens is 288 g/mol. The Balaban J connectivity index is 1.90. The molecule has 21 heavy (non-hydrogen) atoms. The number of amides is 2. The van der Waals surface area contributed by atoms with Crippen molar-refractivity contribution in [2.45, 2.75) is 12.8 Å². The summed E-state index contributed by atoms with van der Waals surface area (Å²) in [6.07, 6.45) is 2.88. The minimum absolute atomic E-state index is 0.108. The van der Waals surface area contributed by atoms with Crippen LogP contribution in [0.15, 0.2) is 35.4 Å². The summed E-state index contributed by atoms with van der Waals surface area (Å²) in [4.78, 5) is 28.3. The molecule has 0 saturated carbocycles.